The molecule has 1 aliphatic rings. The van der Waals surface area contributed by atoms with Gasteiger partial charge >= 0.3 is 0 Å². The van der Waals surface area contributed by atoms with Crippen LogP contribution in [0.25, 0.3) is 10.8 Å². The van der Waals surface area contributed by atoms with E-state index in [-0.39, 0.29) is 12.7 Å². The third-order valence-electron chi connectivity index (χ3n) is 7.49. The van der Waals surface area contributed by atoms with E-state index in [9.17, 15) is 0 Å². The van der Waals surface area contributed by atoms with Gasteiger partial charge < -0.3 is 29.4 Å². The second-order valence-corrected chi connectivity index (χ2v) is 10.6. The Bertz CT molecular complexity index is 1330. The number of aliphatic hydroxyl groups is 1. The number of benzene rings is 4. The number of hydrogen-bond donors (Lipinski definition) is 2. The van der Waals surface area contributed by atoms with Gasteiger partial charge in [-0.2, -0.15) is 0 Å². The van der Waals surface area contributed by atoms with Crippen LogP contribution in [0.2, 0.25) is 0 Å². The van der Waals surface area contributed by atoms with Gasteiger partial charge in [0.05, 0.1) is 52.4 Å². The lowest BCUT2D eigenvalue weighted by molar-refractivity contribution is 0.0106. The molecule has 0 aliphatic carbocycles. The van der Waals surface area contributed by atoms with Crippen molar-refractivity contribution >= 4 is 10.8 Å². The van der Waals surface area contributed by atoms with E-state index in [0.29, 0.717) is 45.6 Å². The molecule has 0 bridgehead atoms. The average Bonchev–Trinajstić information content (AvgIpc) is 3.02. The summed E-state index contributed by atoms with van der Waals surface area (Å²) in [5.41, 5.74) is 4.74. The average molecular weight is 556 g/mol. The Hall–Kier alpha value is -3.26. The Morgan fingerprint density at radius 1 is 0.707 bits per heavy atom. The first-order valence-corrected chi connectivity index (χ1v) is 14.7. The van der Waals surface area contributed by atoms with Gasteiger partial charge in [0, 0.05) is 18.9 Å². The fourth-order valence-electron chi connectivity index (χ4n) is 5.30. The lowest BCUT2D eigenvalue weighted by atomic mass is 9.87. The summed E-state index contributed by atoms with van der Waals surface area (Å²) < 4.78 is 23.7. The molecule has 216 valence electrons. The first kappa shape index (κ1) is 29.2. The van der Waals surface area contributed by atoms with E-state index in [0.717, 1.165) is 42.8 Å². The summed E-state index contributed by atoms with van der Waals surface area (Å²) in [5, 5.41) is 14.8. The molecule has 2 N–H and O–H groups in total. The van der Waals surface area contributed by atoms with Crippen molar-refractivity contribution in [1.29, 1.82) is 0 Å². The maximum atomic E-state index is 8.95. The minimum absolute atomic E-state index is 0.0375. The van der Waals surface area contributed by atoms with E-state index in [1.165, 1.54) is 21.9 Å². The molecular weight excluding hydrogens is 514 g/mol. The monoisotopic (exact) mass is 555 g/mol. The maximum absolute atomic E-state index is 8.95. The van der Waals surface area contributed by atoms with Gasteiger partial charge in [-0.05, 0) is 70.3 Å². The van der Waals surface area contributed by atoms with Crippen LogP contribution in [-0.4, -0.2) is 50.7 Å². The van der Waals surface area contributed by atoms with Crippen molar-refractivity contribution in [3.05, 3.63) is 113 Å². The minimum atomic E-state index is 0.0375. The van der Waals surface area contributed by atoms with E-state index in [4.69, 9.17) is 24.1 Å². The van der Waals surface area contributed by atoms with Crippen molar-refractivity contribution in [2.24, 2.45) is 0 Å². The number of hydrogen-bond acceptors (Lipinski definition) is 6. The molecule has 1 aliphatic heterocycles. The lowest BCUT2D eigenvalue weighted by Crippen LogP contribution is -2.40. The second kappa shape index (κ2) is 15.7. The molecule has 2 unspecified atom stereocenters. The molecule has 41 heavy (non-hydrogen) atoms. The third-order valence-corrected chi connectivity index (χ3v) is 7.49. The SMILES string of the molecule is OCCOCc1ccc2ccc(COC3CNCCC3c3ccc(OCCCOCc4ccccc4)cc3)cc2c1. The highest BCUT2D eigenvalue weighted by Gasteiger charge is 2.27. The van der Waals surface area contributed by atoms with Gasteiger partial charge in [-0.15, -0.1) is 0 Å². The first-order chi connectivity index (χ1) is 20.3. The summed E-state index contributed by atoms with van der Waals surface area (Å²) in [6, 6.07) is 31.6. The van der Waals surface area contributed by atoms with E-state index in [1.807, 2.05) is 18.2 Å². The quantitative estimate of drug-likeness (QED) is 0.176. The molecule has 0 amide bonds. The van der Waals surface area contributed by atoms with Crippen LogP contribution in [-0.2, 0) is 34.0 Å². The van der Waals surface area contributed by atoms with Gasteiger partial charge in [-0.3, -0.25) is 0 Å². The van der Waals surface area contributed by atoms with E-state index in [1.54, 1.807) is 0 Å². The Morgan fingerprint density at radius 3 is 2.22 bits per heavy atom. The molecular formula is C35H41NO5. The summed E-state index contributed by atoms with van der Waals surface area (Å²) >= 11 is 0. The Labute approximate surface area is 243 Å². The lowest BCUT2D eigenvalue weighted by Gasteiger charge is -2.32. The summed E-state index contributed by atoms with van der Waals surface area (Å²) in [6.45, 7) is 5.23. The molecule has 2 atom stereocenters. The number of nitrogens with one attached hydrogen (secondary N) is 1. The summed E-state index contributed by atoms with van der Waals surface area (Å²) in [7, 11) is 0. The third kappa shape index (κ3) is 8.86. The zero-order valence-corrected chi connectivity index (χ0v) is 23.7. The molecule has 0 saturated carbocycles. The molecule has 5 rings (SSSR count). The molecule has 6 heteroatoms. The van der Waals surface area contributed by atoms with E-state index < -0.39 is 0 Å². The molecule has 0 radical (unpaired) electrons. The second-order valence-electron chi connectivity index (χ2n) is 10.6. The Balaban J connectivity index is 1.10. The van der Waals surface area contributed by atoms with Crippen molar-refractivity contribution in [1.82, 2.24) is 5.32 Å². The largest absolute Gasteiger partial charge is 0.494 e. The number of ether oxygens (including phenoxy) is 4. The topological polar surface area (TPSA) is 69.2 Å². The van der Waals surface area contributed by atoms with Gasteiger partial charge in [-0.1, -0.05) is 66.7 Å². The predicted octanol–water partition coefficient (Wildman–Crippen LogP) is 6.00. The molecule has 1 fully saturated rings. The molecule has 6 nitrogen and oxygen atoms in total. The van der Waals surface area contributed by atoms with Gasteiger partial charge in [-0.25, -0.2) is 0 Å². The number of piperidine rings is 1. The van der Waals surface area contributed by atoms with Crippen LogP contribution in [0.5, 0.6) is 5.75 Å². The molecule has 0 aromatic heterocycles. The van der Waals surface area contributed by atoms with Gasteiger partial charge in [0.15, 0.2) is 0 Å². The van der Waals surface area contributed by atoms with Gasteiger partial charge in [0.25, 0.3) is 0 Å². The number of fused-ring (bicyclic) bond motifs is 1. The number of rotatable bonds is 15. The van der Waals surface area contributed by atoms with Crippen LogP contribution >= 0.6 is 0 Å². The highest BCUT2D eigenvalue weighted by Crippen LogP contribution is 2.30. The molecule has 0 spiro atoms. The first-order valence-electron chi connectivity index (χ1n) is 14.7. The van der Waals surface area contributed by atoms with Crippen molar-refractivity contribution in [2.75, 3.05) is 39.5 Å². The van der Waals surface area contributed by atoms with Crippen molar-refractivity contribution in [2.45, 2.75) is 44.7 Å². The summed E-state index contributed by atoms with van der Waals surface area (Å²) in [4.78, 5) is 0. The van der Waals surface area contributed by atoms with Crippen LogP contribution in [0.3, 0.4) is 0 Å². The van der Waals surface area contributed by atoms with Crippen LogP contribution in [0.1, 0.15) is 41.0 Å². The van der Waals surface area contributed by atoms with Crippen LogP contribution < -0.4 is 10.1 Å². The van der Waals surface area contributed by atoms with Crippen LogP contribution in [0, 0.1) is 0 Å². The smallest absolute Gasteiger partial charge is 0.119 e. The Kier molecular flexibility index (Phi) is 11.2. The Morgan fingerprint density at radius 2 is 1.44 bits per heavy atom. The molecule has 4 aromatic carbocycles. The summed E-state index contributed by atoms with van der Waals surface area (Å²) in [6.07, 6.45) is 2.00. The van der Waals surface area contributed by atoms with Crippen molar-refractivity contribution in [3.63, 3.8) is 0 Å². The van der Waals surface area contributed by atoms with Crippen molar-refractivity contribution in [3.8, 4) is 5.75 Å². The zero-order chi connectivity index (χ0) is 28.1. The fraction of sp³-hybridized carbons (Fsp3) is 0.371. The highest BCUT2D eigenvalue weighted by atomic mass is 16.5. The highest BCUT2D eigenvalue weighted by molar-refractivity contribution is 5.83. The van der Waals surface area contributed by atoms with E-state index in [2.05, 4.69) is 78.1 Å². The van der Waals surface area contributed by atoms with Crippen LogP contribution in [0.4, 0.5) is 0 Å². The van der Waals surface area contributed by atoms with E-state index >= 15 is 0 Å². The normalized spacial score (nSPS) is 17.1. The summed E-state index contributed by atoms with van der Waals surface area (Å²) in [5.74, 6) is 1.23. The molecule has 1 saturated heterocycles. The predicted molar refractivity (Wildman–Crippen MR) is 162 cm³/mol. The fourth-order valence-corrected chi connectivity index (χ4v) is 5.30. The van der Waals surface area contributed by atoms with Gasteiger partial charge in [0.1, 0.15) is 5.75 Å². The maximum Gasteiger partial charge on any atom is 0.119 e. The van der Waals surface area contributed by atoms with Crippen LogP contribution in [0.15, 0.2) is 91.0 Å². The minimum Gasteiger partial charge on any atom is -0.494 e. The van der Waals surface area contributed by atoms with Gasteiger partial charge in [0.2, 0.25) is 0 Å². The number of aliphatic hydroxyl groups excluding tert-OH is 1. The zero-order valence-electron chi connectivity index (χ0n) is 23.7. The standard InChI is InChI=1S/C35H41NO5/c37-17-20-39-25-28-7-9-30-10-8-29(22-32(30)21-28)26-41-35-23-36-16-15-34(35)31-11-13-33(14-12-31)40-19-4-18-38-24-27-5-2-1-3-6-27/h1-3,5-14,21-22,34-37H,4,15-20,23-26H2. The van der Waals surface area contributed by atoms with Crippen molar-refractivity contribution < 1.29 is 24.1 Å². The molecule has 4 aromatic rings. The molecule has 1 heterocycles.